The van der Waals surface area contributed by atoms with Crippen molar-refractivity contribution in [1.29, 1.82) is 0 Å². The molecule has 19 heteroatoms. The molecule has 1 spiro atoms. The van der Waals surface area contributed by atoms with Gasteiger partial charge in [0, 0.05) is 38.4 Å². The SMILES string of the molecule is COCC1CN(C)CC12CCN(Cc1cccc(C)n1)CC2.O=C(O)C(F)(F)F.O=C(O)C(F)(F)F.O=C(O)C(F)(F)F. The maximum atomic E-state index is 10.6. The number of carboxylic acids is 3. The number of alkyl halides is 9. The fraction of sp³-hybridized carbons (Fsp3) is 0.667. The third kappa shape index (κ3) is 15.2. The van der Waals surface area contributed by atoms with Crippen LogP contribution in [0.25, 0.3) is 0 Å². The van der Waals surface area contributed by atoms with E-state index in [9.17, 15) is 39.5 Å². The fourth-order valence-electron chi connectivity index (χ4n) is 4.37. The van der Waals surface area contributed by atoms with Crippen molar-refractivity contribution in [3.63, 3.8) is 0 Å². The number of aliphatic carboxylic acids is 3. The lowest BCUT2D eigenvalue weighted by Crippen LogP contribution is -2.44. The lowest BCUT2D eigenvalue weighted by atomic mass is 9.71. The van der Waals surface area contributed by atoms with Gasteiger partial charge in [-0.05, 0) is 57.5 Å². The number of hydrogen-bond donors (Lipinski definition) is 3. The molecule has 2 saturated heterocycles. The summed E-state index contributed by atoms with van der Waals surface area (Å²) in [6.45, 7) is 8.75. The second-order valence-corrected chi connectivity index (χ2v) is 9.67. The van der Waals surface area contributed by atoms with Crippen molar-refractivity contribution in [3.8, 4) is 0 Å². The van der Waals surface area contributed by atoms with E-state index in [2.05, 4.69) is 47.0 Å². The number of methoxy groups -OCH3 is 1. The molecule has 0 radical (unpaired) electrons. The van der Waals surface area contributed by atoms with Crippen molar-refractivity contribution in [2.45, 2.75) is 44.8 Å². The van der Waals surface area contributed by atoms with Crippen molar-refractivity contribution in [3.05, 3.63) is 29.6 Å². The second-order valence-electron chi connectivity index (χ2n) is 9.67. The van der Waals surface area contributed by atoms with Crippen LogP contribution >= 0.6 is 0 Å². The predicted octanol–water partition coefficient (Wildman–Crippen LogP) is 4.08. The van der Waals surface area contributed by atoms with E-state index < -0.39 is 36.4 Å². The summed E-state index contributed by atoms with van der Waals surface area (Å²) in [6.07, 6.45) is -12.7. The first-order valence-electron chi connectivity index (χ1n) is 12.2. The highest BCUT2D eigenvalue weighted by molar-refractivity contribution is 5.73. The number of rotatable bonds is 4. The molecule has 0 amide bonds. The van der Waals surface area contributed by atoms with Gasteiger partial charge in [-0.3, -0.25) is 9.88 Å². The summed E-state index contributed by atoms with van der Waals surface area (Å²) in [5, 5.41) is 21.4. The number of piperidine rings is 1. The smallest absolute Gasteiger partial charge is 0.475 e. The van der Waals surface area contributed by atoms with Crippen LogP contribution in [-0.4, -0.2) is 113 Å². The standard InChI is InChI=1S/C18H29N3O.3C2HF3O2/c1-15-5-4-6-17(19-15)12-21-9-7-18(8-10-21)14-20(2)11-16(18)13-22-3;3*3-2(4,5)1(6)7/h4-6,16H,7-14H2,1-3H3;3*(H,6,7). The minimum Gasteiger partial charge on any atom is -0.475 e. The fourth-order valence-corrected chi connectivity index (χ4v) is 4.37. The van der Waals surface area contributed by atoms with Gasteiger partial charge in [-0.1, -0.05) is 6.07 Å². The lowest BCUT2D eigenvalue weighted by Gasteiger charge is -2.42. The highest BCUT2D eigenvalue weighted by atomic mass is 19.4. The maximum absolute atomic E-state index is 10.6. The van der Waals surface area contributed by atoms with Gasteiger partial charge in [-0.2, -0.15) is 39.5 Å². The average Bonchev–Trinajstić information content (AvgIpc) is 3.14. The minimum absolute atomic E-state index is 0.474. The van der Waals surface area contributed by atoms with Gasteiger partial charge in [0.25, 0.3) is 0 Å². The Kier molecular flexibility index (Phi) is 15.4. The zero-order valence-corrected chi connectivity index (χ0v) is 23.2. The molecule has 0 bridgehead atoms. The Balaban J connectivity index is 0.000000690. The number of carboxylic acid groups (broad SMARTS) is 3. The van der Waals surface area contributed by atoms with Crippen LogP contribution in [0.5, 0.6) is 0 Å². The molecule has 248 valence electrons. The number of carbonyl (C=O) groups is 3. The Labute approximate surface area is 240 Å². The van der Waals surface area contributed by atoms with Crippen LogP contribution in [0.1, 0.15) is 24.2 Å². The van der Waals surface area contributed by atoms with Crippen LogP contribution in [0, 0.1) is 18.3 Å². The van der Waals surface area contributed by atoms with E-state index in [0.29, 0.717) is 11.3 Å². The molecule has 3 rings (SSSR count). The molecule has 2 fully saturated rings. The number of aromatic nitrogens is 1. The van der Waals surface area contributed by atoms with Crippen LogP contribution in [0.15, 0.2) is 18.2 Å². The molecular formula is C24H32F9N3O7. The summed E-state index contributed by atoms with van der Waals surface area (Å²) in [6, 6.07) is 6.33. The normalized spacial score (nSPS) is 18.7. The topological polar surface area (TPSA) is 140 Å². The van der Waals surface area contributed by atoms with Gasteiger partial charge in [0.2, 0.25) is 0 Å². The Morgan fingerprint density at radius 2 is 1.33 bits per heavy atom. The third-order valence-corrected chi connectivity index (χ3v) is 6.26. The zero-order valence-electron chi connectivity index (χ0n) is 23.2. The first kappa shape index (κ1) is 39.8. The van der Waals surface area contributed by atoms with E-state index in [1.54, 1.807) is 0 Å². The van der Waals surface area contributed by atoms with Crippen LogP contribution in [0.4, 0.5) is 39.5 Å². The van der Waals surface area contributed by atoms with Crippen molar-refractivity contribution >= 4 is 17.9 Å². The maximum Gasteiger partial charge on any atom is 0.490 e. The van der Waals surface area contributed by atoms with Crippen molar-refractivity contribution < 1.29 is 74.0 Å². The predicted molar refractivity (Wildman–Crippen MR) is 130 cm³/mol. The van der Waals surface area contributed by atoms with Crippen molar-refractivity contribution in [2.24, 2.45) is 11.3 Å². The molecule has 3 N–H and O–H groups in total. The Morgan fingerprint density at radius 3 is 1.67 bits per heavy atom. The van der Waals surface area contributed by atoms with E-state index in [1.165, 1.54) is 44.7 Å². The number of nitrogens with zero attached hydrogens (tertiary/aromatic N) is 3. The molecule has 0 saturated carbocycles. The van der Waals surface area contributed by atoms with E-state index in [4.69, 9.17) is 34.4 Å². The molecule has 2 aliphatic heterocycles. The summed E-state index contributed by atoms with van der Waals surface area (Å²) in [5.74, 6) is -7.57. The Bertz CT molecular complexity index is 985. The number of likely N-dealkylation sites (tertiary alicyclic amines) is 2. The first-order chi connectivity index (χ1) is 19.4. The van der Waals surface area contributed by atoms with Gasteiger partial charge in [0.1, 0.15) is 0 Å². The molecular weight excluding hydrogens is 613 g/mol. The average molecular weight is 646 g/mol. The van der Waals surface area contributed by atoms with Gasteiger partial charge < -0.3 is 25.0 Å². The van der Waals surface area contributed by atoms with Crippen molar-refractivity contribution in [1.82, 2.24) is 14.8 Å². The van der Waals surface area contributed by atoms with Gasteiger partial charge >= 0.3 is 36.4 Å². The monoisotopic (exact) mass is 645 g/mol. The number of aryl methyl sites for hydroxylation is 1. The van der Waals surface area contributed by atoms with Crippen molar-refractivity contribution in [2.75, 3.05) is 46.9 Å². The molecule has 1 atom stereocenters. The number of pyridine rings is 1. The van der Waals surface area contributed by atoms with Crippen LogP contribution in [-0.2, 0) is 25.7 Å². The number of ether oxygens (including phenoxy) is 1. The van der Waals surface area contributed by atoms with Gasteiger partial charge in [-0.15, -0.1) is 0 Å². The van der Waals surface area contributed by atoms with E-state index in [1.807, 2.05) is 7.11 Å². The summed E-state index contributed by atoms with van der Waals surface area (Å²) < 4.78 is 101. The summed E-state index contributed by atoms with van der Waals surface area (Å²) >= 11 is 0. The Morgan fingerprint density at radius 1 is 0.907 bits per heavy atom. The van der Waals surface area contributed by atoms with E-state index >= 15 is 0 Å². The minimum atomic E-state index is -5.08. The first-order valence-corrected chi connectivity index (χ1v) is 12.2. The van der Waals surface area contributed by atoms with Crippen LogP contribution < -0.4 is 0 Å². The summed E-state index contributed by atoms with van der Waals surface area (Å²) in [5.41, 5.74) is 2.79. The van der Waals surface area contributed by atoms with Crippen LogP contribution in [0.3, 0.4) is 0 Å². The summed E-state index contributed by atoms with van der Waals surface area (Å²) in [7, 11) is 4.09. The van der Waals surface area contributed by atoms with Gasteiger partial charge in [0.15, 0.2) is 0 Å². The molecule has 3 heterocycles. The molecule has 1 aromatic heterocycles. The number of halogens is 9. The molecule has 10 nitrogen and oxygen atoms in total. The third-order valence-electron chi connectivity index (χ3n) is 6.26. The lowest BCUT2D eigenvalue weighted by molar-refractivity contribution is -0.193. The van der Waals surface area contributed by atoms with E-state index in [0.717, 1.165) is 18.8 Å². The summed E-state index contributed by atoms with van der Waals surface area (Å²) in [4.78, 5) is 36.4. The molecule has 0 aliphatic carbocycles. The molecule has 0 aromatic carbocycles. The van der Waals surface area contributed by atoms with Gasteiger partial charge in [0.05, 0.1) is 12.3 Å². The molecule has 2 aliphatic rings. The quantitative estimate of drug-likeness (QED) is 0.411. The zero-order chi connectivity index (χ0) is 33.8. The van der Waals surface area contributed by atoms with E-state index in [-0.39, 0.29) is 0 Å². The molecule has 1 unspecified atom stereocenters. The highest BCUT2D eigenvalue weighted by Gasteiger charge is 2.46. The Hall–Kier alpha value is -3.19. The molecule has 43 heavy (non-hydrogen) atoms. The highest BCUT2D eigenvalue weighted by Crippen LogP contribution is 2.44. The second kappa shape index (κ2) is 16.6. The number of hydrogen-bond acceptors (Lipinski definition) is 7. The van der Waals surface area contributed by atoms with Gasteiger partial charge in [-0.25, -0.2) is 14.4 Å². The molecule has 1 aromatic rings. The van der Waals surface area contributed by atoms with Crippen LogP contribution in [0.2, 0.25) is 0 Å². The largest absolute Gasteiger partial charge is 0.490 e.